The van der Waals surface area contributed by atoms with Gasteiger partial charge in [0.25, 0.3) is 0 Å². The maximum atomic E-state index is 10.6. The van der Waals surface area contributed by atoms with Gasteiger partial charge in [-0.05, 0) is 46.1 Å². The minimum absolute atomic E-state index is 0.461. The number of ether oxygens (including phenoxy) is 1. The molecule has 94 valence electrons. The maximum absolute atomic E-state index is 10.6. The predicted molar refractivity (Wildman–Crippen MR) is 64.5 cm³/mol. The maximum Gasteiger partial charge on any atom is 0.0699 e. The van der Waals surface area contributed by atoms with Gasteiger partial charge >= 0.3 is 0 Å². The first kappa shape index (κ1) is 12.3. The second-order valence-corrected chi connectivity index (χ2v) is 5.48. The molecule has 2 bridgehead atoms. The zero-order valence-corrected chi connectivity index (χ0v) is 10.6. The highest BCUT2D eigenvalue weighted by Crippen LogP contribution is 2.39. The smallest absolute Gasteiger partial charge is 0.0699 e. The number of rotatable bonds is 4. The molecule has 2 rings (SSSR count). The highest BCUT2D eigenvalue weighted by molar-refractivity contribution is 4.98. The topological polar surface area (TPSA) is 32.7 Å². The molecule has 2 heterocycles. The molecule has 2 fully saturated rings. The molecular weight excluding hydrogens is 202 g/mol. The standard InChI is InChI=1S/C13H25NO2/c1-3-16-8-7-13(15)9-11-5-4-6-12(10-13)14(11)2/h11-12,15H,3-10H2,1-2H3. The van der Waals surface area contributed by atoms with Gasteiger partial charge in [0.15, 0.2) is 0 Å². The lowest BCUT2D eigenvalue weighted by atomic mass is 9.74. The molecule has 16 heavy (non-hydrogen) atoms. The Bertz CT molecular complexity index is 218. The number of fused-ring (bicyclic) bond motifs is 2. The monoisotopic (exact) mass is 227 g/mol. The van der Waals surface area contributed by atoms with Gasteiger partial charge in [-0.3, -0.25) is 0 Å². The molecule has 0 aromatic heterocycles. The lowest BCUT2D eigenvalue weighted by Gasteiger charge is -2.50. The van der Waals surface area contributed by atoms with Crippen molar-refractivity contribution in [2.45, 2.75) is 63.1 Å². The van der Waals surface area contributed by atoms with E-state index in [4.69, 9.17) is 4.74 Å². The second-order valence-electron chi connectivity index (χ2n) is 5.48. The van der Waals surface area contributed by atoms with Crippen LogP contribution in [0.25, 0.3) is 0 Å². The summed E-state index contributed by atoms with van der Waals surface area (Å²) in [4.78, 5) is 2.48. The van der Waals surface area contributed by atoms with Gasteiger partial charge in [0.2, 0.25) is 0 Å². The third kappa shape index (κ3) is 2.58. The summed E-state index contributed by atoms with van der Waals surface area (Å²) in [5, 5.41) is 10.6. The van der Waals surface area contributed by atoms with Gasteiger partial charge in [-0.2, -0.15) is 0 Å². The third-order valence-electron chi connectivity index (χ3n) is 4.37. The summed E-state index contributed by atoms with van der Waals surface area (Å²) in [6, 6.07) is 1.19. The normalized spacial score (nSPS) is 39.9. The summed E-state index contributed by atoms with van der Waals surface area (Å²) in [7, 11) is 2.22. The molecule has 2 aliphatic rings. The van der Waals surface area contributed by atoms with Gasteiger partial charge in [0.1, 0.15) is 0 Å². The van der Waals surface area contributed by atoms with Crippen LogP contribution >= 0.6 is 0 Å². The van der Waals surface area contributed by atoms with Crippen LogP contribution in [0.3, 0.4) is 0 Å². The second kappa shape index (κ2) is 5.03. The van der Waals surface area contributed by atoms with Gasteiger partial charge in [0.05, 0.1) is 5.60 Å². The average molecular weight is 227 g/mol. The van der Waals surface area contributed by atoms with Gasteiger partial charge in [-0.1, -0.05) is 6.42 Å². The van der Waals surface area contributed by atoms with Crippen molar-refractivity contribution in [1.82, 2.24) is 4.90 Å². The summed E-state index contributed by atoms with van der Waals surface area (Å²) in [6.45, 7) is 3.46. The number of hydrogen-bond donors (Lipinski definition) is 1. The van der Waals surface area contributed by atoms with Crippen LogP contribution in [-0.4, -0.2) is 48.0 Å². The summed E-state index contributed by atoms with van der Waals surface area (Å²) in [5.74, 6) is 0. The van der Waals surface area contributed by atoms with Crippen molar-refractivity contribution in [3.05, 3.63) is 0 Å². The number of aliphatic hydroxyl groups is 1. The molecule has 3 heteroatoms. The van der Waals surface area contributed by atoms with Gasteiger partial charge in [-0.15, -0.1) is 0 Å². The minimum Gasteiger partial charge on any atom is -0.390 e. The van der Waals surface area contributed by atoms with Crippen molar-refractivity contribution in [2.75, 3.05) is 20.3 Å². The van der Waals surface area contributed by atoms with Crippen molar-refractivity contribution < 1.29 is 9.84 Å². The molecule has 3 nitrogen and oxygen atoms in total. The van der Waals surface area contributed by atoms with E-state index in [1.165, 1.54) is 19.3 Å². The van der Waals surface area contributed by atoms with Gasteiger partial charge in [0, 0.05) is 25.3 Å². The van der Waals surface area contributed by atoms with E-state index in [0.29, 0.717) is 18.7 Å². The fraction of sp³-hybridized carbons (Fsp3) is 1.00. The Labute approximate surface area is 98.8 Å². The predicted octanol–water partition coefficient (Wildman–Crippen LogP) is 1.79. The molecule has 0 amide bonds. The highest BCUT2D eigenvalue weighted by atomic mass is 16.5. The first-order chi connectivity index (χ1) is 7.64. The van der Waals surface area contributed by atoms with Crippen LogP contribution in [0, 0.1) is 0 Å². The Morgan fingerprint density at radius 3 is 2.50 bits per heavy atom. The van der Waals surface area contributed by atoms with Crippen molar-refractivity contribution in [3.63, 3.8) is 0 Å². The van der Waals surface area contributed by atoms with Crippen LogP contribution in [0.5, 0.6) is 0 Å². The van der Waals surface area contributed by atoms with E-state index in [1.54, 1.807) is 0 Å². The molecule has 0 radical (unpaired) electrons. The Balaban J connectivity index is 1.92. The van der Waals surface area contributed by atoms with E-state index in [2.05, 4.69) is 11.9 Å². The molecule has 0 spiro atoms. The Kier molecular flexibility index (Phi) is 3.88. The Morgan fingerprint density at radius 1 is 1.31 bits per heavy atom. The molecule has 0 aliphatic carbocycles. The molecule has 0 aromatic carbocycles. The lowest BCUT2D eigenvalue weighted by Crippen LogP contribution is -2.56. The van der Waals surface area contributed by atoms with E-state index in [9.17, 15) is 5.11 Å². The van der Waals surface area contributed by atoms with Gasteiger partial charge < -0.3 is 14.7 Å². The molecule has 0 saturated carbocycles. The quantitative estimate of drug-likeness (QED) is 0.743. The molecule has 2 atom stereocenters. The largest absolute Gasteiger partial charge is 0.390 e. The molecule has 0 aromatic rings. The SMILES string of the molecule is CCOCCC1(O)CC2CCCC(C1)N2C. The van der Waals surface area contributed by atoms with Crippen LogP contribution in [0.2, 0.25) is 0 Å². The fourth-order valence-electron chi connectivity index (χ4n) is 3.36. The van der Waals surface area contributed by atoms with Crippen molar-refractivity contribution in [1.29, 1.82) is 0 Å². The summed E-state index contributed by atoms with van der Waals surface area (Å²) >= 11 is 0. The summed E-state index contributed by atoms with van der Waals surface area (Å²) < 4.78 is 5.38. The van der Waals surface area contributed by atoms with E-state index < -0.39 is 5.60 Å². The van der Waals surface area contributed by atoms with Crippen LogP contribution < -0.4 is 0 Å². The number of piperidine rings is 2. The van der Waals surface area contributed by atoms with E-state index in [-0.39, 0.29) is 0 Å². The Hall–Kier alpha value is -0.120. The molecule has 2 aliphatic heterocycles. The molecular formula is C13H25NO2. The Morgan fingerprint density at radius 2 is 1.94 bits per heavy atom. The highest BCUT2D eigenvalue weighted by Gasteiger charge is 2.43. The summed E-state index contributed by atoms with van der Waals surface area (Å²) in [5.41, 5.74) is -0.461. The fourth-order valence-corrected chi connectivity index (χ4v) is 3.36. The summed E-state index contributed by atoms with van der Waals surface area (Å²) in [6.07, 6.45) is 6.52. The van der Waals surface area contributed by atoms with Crippen molar-refractivity contribution in [2.24, 2.45) is 0 Å². The number of nitrogens with zero attached hydrogens (tertiary/aromatic N) is 1. The average Bonchev–Trinajstić information content (AvgIpc) is 2.21. The van der Waals surface area contributed by atoms with E-state index in [0.717, 1.165) is 25.9 Å². The van der Waals surface area contributed by atoms with Crippen LogP contribution in [0.1, 0.15) is 45.4 Å². The van der Waals surface area contributed by atoms with E-state index >= 15 is 0 Å². The van der Waals surface area contributed by atoms with Crippen molar-refractivity contribution in [3.8, 4) is 0 Å². The van der Waals surface area contributed by atoms with Crippen LogP contribution in [0.4, 0.5) is 0 Å². The molecule has 1 N–H and O–H groups in total. The first-order valence-electron chi connectivity index (χ1n) is 6.67. The van der Waals surface area contributed by atoms with E-state index in [1.807, 2.05) is 6.92 Å². The van der Waals surface area contributed by atoms with Crippen molar-refractivity contribution >= 4 is 0 Å². The zero-order chi connectivity index (χ0) is 11.6. The first-order valence-corrected chi connectivity index (χ1v) is 6.67. The third-order valence-corrected chi connectivity index (χ3v) is 4.37. The molecule has 2 saturated heterocycles. The van der Waals surface area contributed by atoms with Crippen LogP contribution in [0.15, 0.2) is 0 Å². The molecule has 2 unspecified atom stereocenters. The van der Waals surface area contributed by atoms with Crippen LogP contribution in [-0.2, 0) is 4.74 Å². The minimum atomic E-state index is -0.461. The lowest BCUT2D eigenvalue weighted by molar-refractivity contribution is -0.0960. The van der Waals surface area contributed by atoms with Gasteiger partial charge in [-0.25, -0.2) is 0 Å². The zero-order valence-electron chi connectivity index (χ0n) is 10.6. The number of hydrogen-bond acceptors (Lipinski definition) is 3.